The Bertz CT molecular complexity index is 742. The molecule has 0 unspecified atom stereocenters. The first-order valence-electron chi connectivity index (χ1n) is 7.34. The SMILES string of the molecule is CC(C)(C)OC(=O)Cc1ccc(F)c(F)c1.Nc1ccc(F)c(F)c1. The molecule has 0 bridgehead atoms. The van der Waals surface area contributed by atoms with Crippen LogP contribution < -0.4 is 5.73 Å². The highest BCUT2D eigenvalue weighted by molar-refractivity contribution is 5.72. The van der Waals surface area contributed by atoms with Crippen LogP contribution in [0.2, 0.25) is 0 Å². The number of ether oxygens (including phenoxy) is 1. The molecular formula is C18H19F4NO2. The molecule has 2 N–H and O–H groups in total. The lowest BCUT2D eigenvalue weighted by atomic mass is 10.1. The van der Waals surface area contributed by atoms with Gasteiger partial charge in [-0.05, 0) is 56.7 Å². The van der Waals surface area contributed by atoms with E-state index in [1.165, 1.54) is 12.1 Å². The molecule has 0 fully saturated rings. The van der Waals surface area contributed by atoms with Crippen LogP contribution in [0, 0.1) is 23.3 Å². The highest BCUT2D eigenvalue weighted by atomic mass is 19.2. The highest BCUT2D eigenvalue weighted by Crippen LogP contribution is 2.13. The summed E-state index contributed by atoms with van der Waals surface area (Å²) in [6.45, 7) is 5.24. The average Bonchev–Trinajstić information content (AvgIpc) is 2.46. The Morgan fingerprint density at radius 3 is 1.88 bits per heavy atom. The van der Waals surface area contributed by atoms with Crippen LogP contribution in [0.3, 0.4) is 0 Å². The van der Waals surface area contributed by atoms with Crippen LogP contribution in [0.4, 0.5) is 23.2 Å². The minimum Gasteiger partial charge on any atom is -0.460 e. The van der Waals surface area contributed by atoms with Crippen molar-refractivity contribution in [1.29, 1.82) is 0 Å². The molecule has 0 aliphatic carbocycles. The molecule has 2 aromatic rings. The van der Waals surface area contributed by atoms with Crippen molar-refractivity contribution in [2.24, 2.45) is 0 Å². The van der Waals surface area contributed by atoms with Gasteiger partial charge in [-0.25, -0.2) is 17.6 Å². The standard InChI is InChI=1S/C12H14F2O2.C6H5F2N/c1-12(2,3)16-11(15)7-8-4-5-9(13)10(14)6-8;7-5-2-1-4(9)3-6(5)8/h4-6H,7H2,1-3H3;1-3H,9H2. The van der Waals surface area contributed by atoms with Crippen molar-refractivity contribution in [3.8, 4) is 0 Å². The number of esters is 1. The first-order chi connectivity index (χ1) is 11.5. The highest BCUT2D eigenvalue weighted by Gasteiger charge is 2.16. The largest absolute Gasteiger partial charge is 0.460 e. The molecule has 0 spiro atoms. The summed E-state index contributed by atoms with van der Waals surface area (Å²) >= 11 is 0. The van der Waals surface area contributed by atoms with E-state index in [0.29, 0.717) is 5.56 Å². The Morgan fingerprint density at radius 1 is 0.920 bits per heavy atom. The monoisotopic (exact) mass is 357 g/mol. The van der Waals surface area contributed by atoms with Crippen LogP contribution in [-0.2, 0) is 16.0 Å². The minimum absolute atomic E-state index is 0.0610. The maximum absolute atomic E-state index is 12.8. The molecule has 2 aromatic carbocycles. The molecule has 7 heteroatoms. The van der Waals surface area contributed by atoms with Crippen LogP contribution in [0.5, 0.6) is 0 Å². The summed E-state index contributed by atoms with van der Waals surface area (Å²) < 4.78 is 54.7. The molecule has 3 nitrogen and oxygen atoms in total. The van der Waals surface area contributed by atoms with E-state index in [1.807, 2.05) is 0 Å². The van der Waals surface area contributed by atoms with Crippen LogP contribution in [0.15, 0.2) is 36.4 Å². The first kappa shape index (κ1) is 20.5. The third-order valence-electron chi connectivity index (χ3n) is 2.70. The molecule has 0 aliphatic rings. The fourth-order valence-electron chi connectivity index (χ4n) is 1.71. The van der Waals surface area contributed by atoms with Crippen LogP contribution in [0.1, 0.15) is 26.3 Å². The molecule has 25 heavy (non-hydrogen) atoms. The second-order valence-electron chi connectivity index (χ2n) is 6.19. The minimum atomic E-state index is -0.957. The van der Waals surface area contributed by atoms with Crippen molar-refractivity contribution in [2.45, 2.75) is 32.8 Å². The van der Waals surface area contributed by atoms with Crippen molar-refractivity contribution in [3.05, 3.63) is 65.2 Å². The van der Waals surface area contributed by atoms with Crippen LogP contribution >= 0.6 is 0 Å². The van der Waals surface area contributed by atoms with Gasteiger partial charge in [0.05, 0.1) is 6.42 Å². The van der Waals surface area contributed by atoms with Crippen molar-refractivity contribution in [1.82, 2.24) is 0 Å². The average molecular weight is 357 g/mol. The van der Waals surface area contributed by atoms with E-state index in [9.17, 15) is 22.4 Å². The zero-order valence-corrected chi connectivity index (χ0v) is 14.1. The number of benzene rings is 2. The van der Waals surface area contributed by atoms with Gasteiger partial charge in [-0.2, -0.15) is 0 Å². The van der Waals surface area contributed by atoms with E-state index in [-0.39, 0.29) is 12.1 Å². The summed E-state index contributed by atoms with van der Waals surface area (Å²) in [5.41, 5.74) is 5.17. The van der Waals surface area contributed by atoms with Crippen molar-refractivity contribution in [2.75, 3.05) is 5.73 Å². The van der Waals surface area contributed by atoms with Gasteiger partial charge in [0.15, 0.2) is 23.3 Å². The Hall–Kier alpha value is -2.57. The third-order valence-corrected chi connectivity index (χ3v) is 2.70. The summed E-state index contributed by atoms with van der Waals surface area (Å²) in [6.07, 6.45) is -0.0610. The van der Waals surface area contributed by atoms with Crippen LogP contribution in [0.25, 0.3) is 0 Å². The zero-order chi connectivity index (χ0) is 19.2. The number of carbonyl (C=O) groups excluding carboxylic acids is 1. The van der Waals surface area contributed by atoms with Crippen molar-refractivity contribution < 1.29 is 27.1 Å². The van der Waals surface area contributed by atoms with Gasteiger partial charge >= 0.3 is 5.97 Å². The van der Waals surface area contributed by atoms with Gasteiger partial charge < -0.3 is 10.5 Å². The van der Waals surface area contributed by atoms with E-state index in [1.54, 1.807) is 20.8 Å². The Kier molecular flexibility index (Phi) is 6.97. The molecule has 0 atom stereocenters. The number of carbonyl (C=O) groups is 1. The van der Waals surface area contributed by atoms with Crippen molar-refractivity contribution >= 4 is 11.7 Å². The predicted octanol–water partition coefficient (Wildman–Crippen LogP) is 4.40. The second-order valence-corrected chi connectivity index (χ2v) is 6.19. The van der Waals surface area contributed by atoms with Gasteiger partial charge in [-0.1, -0.05) is 6.07 Å². The van der Waals surface area contributed by atoms with Gasteiger partial charge in [0.25, 0.3) is 0 Å². The fourth-order valence-corrected chi connectivity index (χ4v) is 1.71. The molecule has 0 saturated heterocycles. The molecule has 0 amide bonds. The Balaban J connectivity index is 0.000000293. The number of nitrogen functional groups attached to an aromatic ring is 1. The van der Waals surface area contributed by atoms with E-state index in [0.717, 1.165) is 24.3 Å². The normalized spacial score (nSPS) is 10.7. The number of halogens is 4. The summed E-state index contributed by atoms with van der Waals surface area (Å²) in [6, 6.07) is 6.59. The lowest BCUT2D eigenvalue weighted by Crippen LogP contribution is -2.24. The zero-order valence-electron chi connectivity index (χ0n) is 14.1. The molecule has 0 saturated carbocycles. The predicted molar refractivity (Wildman–Crippen MR) is 86.7 cm³/mol. The summed E-state index contributed by atoms with van der Waals surface area (Å²) in [5.74, 6) is -4.12. The molecule has 0 heterocycles. The number of nitrogens with two attached hydrogens (primary N) is 1. The van der Waals surface area contributed by atoms with E-state index in [4.69, 9.17) is 10.5 Å². The molecular weight excluding hydrogens is 338 g/mol. The van der Waals surface area contributed by atoms with E-state index >= 15 is 0 Å². The molecule has 0 aliphatic heterocycles. The van der Waals surface area contributed by atoms with Crippen LogP contribution in [-0.4, -0.2) is 11.6 Å². The van der Waals surface area contributed by atoms with E-state index < -0.39 is 34.8 Å². The van der Waals surface area contributed by atoms with Gasteiger partial charge in [0, 0.05) is 5.69 Å². The maximum atomic E-state index is 12.8. The Morgan fingerprint density at radius 2 is 1.44 bits per heavy atom. The second kappa shape index (κ2) is 8.50. The smallest absolute Gasteiger partial charge is 0.310 e. The molecule has 136 valence electrons. The van der Waals surface area contributed by atoms with Crippen molar-refractivity contribution in [3.63, 3.8) is 0 Å². The number of hydrogen-bond donors (Lipinski definition) is 1. The summed E-state index contributed by atoms with van der Waals surface area (Å²) in [5, 5.41) is 0. The van der Waals surface area contributed by atoms with Gasteiger partial charge in [0.1, 0.15) is 5.60 Å². The topological polar surface area (TPSA) is 52.3 Å². The fraction of sp³-hybridized carbons (Fsp3) is 0.278. The quantitative estimate of drug-likeness (QED) is 0.492. The van der Waals surface area contributed by atoms with Gasteiger partial charge in [0.2, 0.25) is 0 Å². The van der Waals surface area contributed by atoms with Gasteiger partial charge in [-0.15, -0.1) is 0 Å². The number of anilines is 1. The lowest BCUT2D eigenvalue weighted by Gasteiger charge is -2.19. The van der Waals surface area contributed by atoms with E-state index in [2.05, 4.69) is 0 Å². The lowest BCUT2D eigenvalue weighted by molar-refractivity contribution is -0.153. The molecule has 2 rings (SSSR count). The maximum Gasteiger partial charge on any atom is 0.310 e. The number of rotatable bonds is 2. The molecule has 0 aromatic heterocycles. The van der Waals surface area contributed by atoms with Gasteiger partial charge in [-0.3, -0.25) is 4.79 Å². The summed E-state index contributed by atoms with van der Waals surface area (Å²) in [4.78, 5) is 11.4. The molecule has 0 radical (unpaired) electrons. The third kappa shape index (κ3) is 7.69. The first-order valence-corrected chi connectivity index (χ1v) is 7.34. The Labute approximate surface area is 143 Å². The summed E-state index contributed by atoms with van der Waals surface area (Å²) in [7, 11) is 0. The number of hydrogen-bond acceptors (Lipinski definition) is 3.